The second kappa shape index (κ2) is 13.3. The van der Waals surface area contributed by atoms with Crippen molar-refractivity contribution >= 4 is 46.6 Å². The Morgan fingerprint density at radius 2 is 1.87 bits per heavy atom. The maximum absolute atomic E-state index is 12.1. The van der Waals surface area contributed by atoms with Gasteiger partial charge in [0.15, 0.2) is 5.96 Å². The number of ether oxygens (including phenoxy) is 1. The first-order valence-corrected chi connectivity index (χ1v) is 10.7. The molecule has 0 radical (unpaired) electrons. The number of benzene rings is 2. The van der Waals surface area contributed by atoms with Crippen molar-refractivity contribution in [3.8, 4) is 5.75 Å². The Morgan fingerprint density at radius 3 is 2.63 bits per heavy atom. The van der Waals surface area contributed by atoms with Crippen LogP contribution in [0.5, 0.6) is 5.75 Å². The number of fused-ring (bicyclic) bond motifs is 1. The molecule has 0 unspecified atom stereocenters. The number of guanidine groups is 1. The fourth-order valence-corrected chi connectivity index (χ4v) is 3.46. The van der Waals surface area contributed by atoms with E-state index >= 15 is 0 Å². The van der Waals surface area contributed by atoms with Crippen LogP contribution in [0.2, 0.25) is 0 Å². The van der Waals surface area contributed by atoms with Gasteiger partial charge >= 0.3 is 0 Å². The zero-order valence-corrected chi connectivity index (χ0v) is 20.1. The van der Waals surface area contributed by atoms with E-state index in [1.807, 2.05) is 30.0 Å². The van der Waals surface area contributed by atoms with Crippen LogP contribution in [0.4, 0.5) is 0 Å². The summed E-state index contributed by atoms with van der Waals surface area (Å²) in [7, 11) is 0. The Hall–Kier alpha value is -2.03. The Balaban J connectivity index is 0.00000320. The quantitative estimate of drug-likeness (QED) is 0.227. The van der Waals surface area contributed by atoms with E-state index in [-0.39, 0.29) is 29.9 Å². The van der Waals surface area contributed by atoms with E-state index in [9.17, 15) is 4.79 Å². The summed E-state index contributed by atoms with van der Waals surface area (Å²) in [5.74, 6) is 1.88. The summed E-state index contributed by atoms with van der Waals surface area (Å²) >= 11 is 0. The van der Waals surface area contributed by atoms with Crippen molar-refractivity contribution in [1.29, 1.82) is 0 Å². The van der Waals surface area contributed by atoms with Gasteiger partial charge in [-0.1, -0.05) is 30.3 Å². The van der Waals surface area contributed by atoms with Crippen LogP contribution in [0, 0.1) is 0 Å². The van der Waals surface area contributed by atoms with Gasteiger partial charge in [-0.15, -0.1) is 24.0 Å². The molecule has 1 heterocycles. The summed E-state index contributed by atoms with van der Waals surface area (Å²) in [6.45, 7) is 6.54. The molecule has 0 bridgehead atoms. The number of nitrogens with zero attached hydrogens (tertiary/aromatic N) is 2. The topological polar surface area (TPSA) is 66.0 Å². The number of amides is 1. The van der Waals surface area contributed by atoms with E-state index in [1.54, 1.807) is 0 Å². The third-order valence-corrected chi connectivity index (χ3v) is 5.00. The van der Waals surface area contributed by atoms with Crippen molar-refractivity contribution in [1.82, 2.24) is 15.5 Å². The van der Waals surface area contributed by atoms with Gasteiger partial charge in [-0.3, -0.25) is 9.79 Å². The Labute approximate surface area is 196 Å². The third kappa shape index (κ3) is 7.66. The molecule has 3 rings (SSSR count). The van der Waals surface area contributed by atoms with Gasteiger partial charge in [0.1, 0.15) is 5.75 Å². The number of carbonyl (C=O) groups excluding carboxylic acids is 1. The molecule has 0 aromatic heterocycles. The molecule has 0 saturated carbocycles. The highest BCUT2D eigenvalue weighted by atomic mass is 127. The Kier molecular flexibility index (Phi) is 10.8. The SMILES string of the molecule is CCNC(=NCCCOc1ccc2ccccc2c1)NCCC(=O)N1CCCC1.I. The van der Waals surface area contributed by atoms with E-state index in [1.165, 1.54) is 10.8 Å². The number of rotatable bonds is 9. The van der Waals surface area contributed by atoms with Crippen LogP contribution in [0.1, 0.15) is 32.6 Å². The standard InChI is InChI=1S/C23H32N4O2.HI/c1-2-24-23(26-14-12-22(28)27-15-5-6-16-27)25-13-7-17-29-21-11-10-19-8-3-4-9-20(19)18-21;/h3-4,8-11,18H,2,5-7,12-17H2,1H3,(H2,24,25,26);1H. The molecule has 1 aliphatic rings. The molecule has 0 aliphatic carbocycles. The molecular formula is C23H33IN4O2. The average molecular weight is 524 g/mol. The van der Waals surface area contributed by atoms with Crippen LogP contribution in [0.3, 0.4) is 0 Å². The van der Waals surface area contributed by atoms with Crippen LogP contribution >= 0.6 is 24.0 Å². The van der Waals surface area contributed by atoms with Crippen molar-refractivity contribution in [2.45, 2.75) is 32.6 Å². The molecule has 30 heavy (non-hydrogen) atoms. The van der Waals surface area contributed by atoms with Crippen molar-refractivity contribution in [2.75, 3.05) is 39.3 Å². The van der Waals surface area contributed by atoms with Gasteiger partial charge in [0.05, 0.1) is 6.61 Å². The summed E-state index contributed by atoms with van der Waals surface area (Å²) in [6, 6.07) is 14.4. The van der Waals surface area contributed by atoms with Gasteiger partial charge in [-0.25, -0.2) is 0 Å². The number of likely N-dealkylation sites (tertiary alicyclic amines) is 1. The van der Waals surface area contributed by atoms with Gasteiger partial charge < -0.3 is 20.3 Å². The fourth-order valence-electron chi connectivity index (χ4n) is 3.46. The lowest BCUT2D eigenvalue weighted by atomic mass is 10.1. The number of hydrogen-bond donors (Lipinski definition) is 2. The number of hydrogen-bond acceptors (Lipinski definition) is 3. The molecular weight excluding hydrogens is 491 g/mol. The molecule has 1 aliphatic heterocycles. The Bertz CT molecular complexity index is 822. The summed E-state index contributed by atoms with van der Waals surface area (Å²) in [6.07, 6.45) is 3.60. The van der Waals surface area contributed by atoms with Crippen LogP contribution in [0.25, 0.3) is 10.8 Å². The lowest BCUT2D eigenvalue weighted by Crippen LogP contribution is -2.39. The Morgan fingerprint density at radius 1 is 1.10 bits per heavy atom. The second-order valence-corrected chi connectivity index (χ2v) is 7.24. The van der Waals surface area contributed by atoms with Crippen LogP contribution in [-0.4, -0.2) is 56.1 Å². The average Bonchev–Trinajstić information content (AvgIpc) is 3.28. The molecule has 0 atom stereocenters. The normalized spacial score (nSPS) is 13.8. The summed E-state index contributed by atoms with van der Waals surface area (Å²) in [5, 5.41) is 8.88. The molecule has 1 amide bonds. The van der Waals surface area contributed by atoms with Gasteiger partial charge in [0.25, 0.3) is 0 Å². The van der Waals surface area contributed by atoms with Gasteiger partial charge in [0.2, 0.25) is 5.91 Å². The van der Waals surface area contributed by atoms with E-state index < -0.39 is 0 Å². The third-order valence-electron chi connectivity index (χ3n) is 5.00. The van der Waals surface area contributed by atoms with E-state index in [0.29, 0.717) is 26.1 Å². The van der Waals surface area contributed by atoms with Crippen LogP contribution < -0.4 is 15.4 Å². The molecule has 7 heteroatoms. The van der Waals surface area contributed by atoms with Gasteiger partial charge in [-0.2, -0.15) is 0 Å². The lowest BCUT2D eigenvalue weighted by Gasteiger charge is -2.16. The highest BCUT2D eigenvalue weighted by Gasteiger charge is 2.17. The molecule has 2 aromatic rings. The molecule has 0 spiro atoms. The highest BCUT2D eigenvalue weighted by Crippen LogP contribution is 2.20. The molecule has 1 saturated heterocycles. The van der Waals surface area contributed by atoms with E-state index in [0.717, 1.165) is 50.6 Å². The molecule has 2 N–H and O–H groups in total. The minimum Gasteiger partial charge on any atom is -0.494 e. The maximum atomic E-state index is 12.1. The minimum atomic E-state index is 0. The van der Waals surface area contributed by atoms with E-state index in [4.69, 9.17) is 4.74 Å². The second-order valence-electron chi connectivity index (χ2n) is 7.24. The number of aliphatic imine (C=N–C) groups is 1. The van der Waals surface area contributed by atoms with Gasteiger partial charge in [-0.05, 0) is 42.7 Å². The largest absolute Gasteiger partial charge is 0.494 e. The first-order chi connectivity index (χ1) is 14.3. The van der Waals surface area contributed by atoms with Crippen LogP contribution in [0.15, 0.2) is 47.5 Å². The first-order valence-electron chi connectivity index (χ1n) is 10.7. The molecule has 164 valence electrons. The summed E-state index contributed by atoms with van der Waals surface area (Å²) in [5.41, 5.74) is 0. The molecule has 1 fully saturated rings. The van der Waals surface area contributed by atoms with Crippen LogP contribution in [-0.2, 0) is 4.79 Å². The minimum absolute atomic E-state index is 0. The fraction of sp³-hybridized carbons (Fsp3) is 0.478. The predicted octanol–water partition coefficient (Wildman–Crippen LogP) is 3.79. The first kappa shape index (κ1) is 24.2. The number of nitrogens with one attached hydrogen (secondary N) is 2. The monoisotopic (exact) mass is 524 g/mol. The summed E-state index contributed by atoms with van der Waals surface area (Å²) < 4.78 is 5.87. The molecule has 6 nitrogen and oxygen atoms in total. The van der Waals surface area contributed by atoms with Crippen molar-refractivity contribution in [2.24, 2.45) is 4.99 Å². The number of halogens is 1. The molecule has 2 aromatic carbocycles. The smallest absolute Gasteiger partial charge is 0.224 e. The zero-order chi connectivity index (χ0) is 20.3. The van der Waals surface area contributed by atoms with Crippen molar-refractivity contribution in [3.05, 3.63) is 42.5 Å². The highest BCUT2D eigenvalue weighted by molar-refractivity contribution is 14.0. The van der Waals surface area contributed by atoms with E-state index in [2.05, 4.69) is 39.9 Å². The maximum Gasteiger partial charge on any atom is 0.224 e. The number of carbonyl (C=O) groups is 1. The van der Waals surface area contributed by atoms with Gasteiger partial charge in [0, 0.05) is 45.6 Å². The van der Waals surface area contributed by atoms with Crippen molar-refractivity contribution in [3.63, 3.8) is 0 Å². The summed E-state index contributed by atoms with van der Waals surface area (Å²) in [4.78, 5) is 18.6. The van der Waals surface area contributed by atoms with Crippen molar-refractivity contribution < 1.29 is 9.53 Å². The lowest BCUT2D eigenvalue weighted by molar-refractivity contribution is -0.129. The predicted molar refractivity (Wildman–Crippen MR) is 134 cm³/mol. The zero-order valence-electron chi connectivity index (χ0n) is 17.7.